The van der Waals surface area contributed by atoms with Crippen LogP contribution in [0.5, 0.6) is 0 Å². The van der Waals surface area contributed by atoms with E-state index in [9.17, 15) is 14.4 Å². The highest BCUT2D eigenvalue weighted by molar-refractivity contribution is 5.84. The first-order valence-electron chi connectivity index (χ1n) is 12.7. The van der Waals surface area contributed by atoms with Gasteiger partial charge in [-0.3, -0.25) is 9.59 Å². The van der Waals surface area contributed by atoms with E-state index in [2.05, 4.69) is 73.0 Å². The third-order valence-corrected chi connectivity index (χ3v) is 4.96. The molecule has 36 heavy (non-hydrogen) atoms. The van der Waals surface area contributed by atoms with Crippen LogP contribution in [0.2, 0.25) is 0 Å². The largest absolute Gasteiger partial charge is 0.480 e. The molecule has 3 atom stereocenters. The van der Waals surface area contributed by atoms with Crippen LogP contribution < -0.4 is 11.1 Å². The highest BCUT2D eigenvalue weighted by Crippen LogP contribution is 2.02. The third-order valence-electron chi connectivity index (χ3n) is 4.96. The predicted molar refractivity (Wildman–Crippen MR) is 146 cm³/mol. The van der Waals surface area contributed by atoms with Crippen molar-refractivity contribution in [2.75, 3.05) is 0 Å². The van der Waals surface area contributed by atoms with Crippen molar-refractivity contribution in [3.8, 4) is 0 Å². The zero-order chi connectivity index (χ0) is 27.0. The molecule has 1 amide bonds. The summed E-state index contributed by atoms with van der Waals surface area (Å²) in [4.78, 5) is 34.7. The van der Waals surface area contributed by atoms with Gasteiger partial charge in [0.25, 0.3) is 0 Å². The monoisotopic (exact) mass is 500 g/mol. The lowest BCUT2D eigenvalue weighted by Gasteiger charge is -2.20. The molecule has 3 unspecified atom stereocenters. The summed E-state index contributed by atoms with van der Waals surface area (Å²) in [5.41, 5.74) is 5.41. The van der Waals surface area contributed by atoms with Crippen LogP contribution in [-0.4, -0.2) is 41.1 Å². The van der Waals surface area contributed by atoms with Gasteiger partial charge in [0.1, 0.15) is 18.2 Å². The molecule has 0 spiro atoms. The SMILES string of the molecule is CCC=CCC=CCC=CCC=CCC=CCC=CCCC(=O)NC(C)C(=O)OC(C)C(N)C(=O)O. The fraction of sp³-hybridized carbons (Fsp3) is 0.483. The Balaban J connectivity index is 3.89. The Morgan fingerprint density at radius 1 is 0.778 bits per heavy atom. The van der Waals surface area contributed by atoms with Gasteiger partial charge in [-0.1, -0.05) is 79.8 Å². The minimum Gasteiger partial charge on any atom is -0.480 e. The van der Waals surface area contributed by atoms with Gasteiger partial charge in [0, 0.05) is 6.42 Å². The molecule has 0 bridgehead atoms. The van der Waals surface area contributed by atoms with Crippen molar-refractivity contribution in [1.29, 1.82) is 0 Å². The number of hydrogen-bond donors (Lipinski definition) is 3. The molecule has 4 N–H and O–H groups in total. The van der Waals surface area contributed by atoms with Crippen LogP contribution in [-0.2, 0) is 19.1 Å². The van der Waals surface area contributed by atoms with E-state index < -0.39 is 30.1 Å². The van der Waals surface area contributed by atoms with Crippen molar-refractivity contribution in [3.05, 3.63) is 72.9 Å². The maximum absolute atomic E-state index is 12.0. The summed E-state index contributed by atoms with van der Waals surface area (Å²) in [5, 5.41) is 11.4. The number of nitrogens with two attached hydrogens (primary N) is 1. The Bertz CT molecular complexity index is 808. The van der Waals surface area contributed by atoms with Crippen LogP contribution in [0, 0.1) is 0 Å². The van der Waals surface area contributed by atoms with Gasteiger partial charge >= 0.3 is 11.9 Å². The summed E-state index contributed by atoms with van der Waals surface area (Å²) >= 11 is 0. The van der Waals surface area contributed by atoms with Gasteiger partial charge in [-0.15, -0.1) is 0 Å². The lowest BCUT2D eigenvalue weighted by atomic mass is 10.2. The lowest BCUT2D eigenvalue weighted by Crippen LogP contribution is -2.46. The summed E-state index contributed by atoms with van der Waals surface area (Å²) in [6.07, 6.45) is 31.0. The normalized spacial score (nSPS) is 15.0. The predicted octanol–water partition coefficient (Wildman–Crippen LogP) is 5.31. The Kier molecular flexibility index (Phi) is 20.3. The fourth-order valence-corrected chi connectivity index (χ4v) is 2.79. The van der Waals surface area contributed by atoms with Gasteiger partial charge in [-0.25, -0.2) is 4.79 Å². The number of carboxylic acid groups (broad SMARTS) is 1. The molecular formula is C29H44N2O5. The average molecular weight is 501 g/mol. The number of nitrogens with one attached hydrogen (secondary N) is 1. The topological polar surface area (TPSA) is 119 Å². The standard InChI is InChI=1S/C29H44N2O5/c1-4-5-6-7-8-9-10-11-12-13-14-15-16-17-18-19-20-21-22-23-26(32)31-24(2)29(35)36-25(3)27(30)28(33)34/h5-6,8-9,11-12,14-15,17-18,20-21,24-25,27H,4,7,10,13,16,19,22-23,30H2,1-3H3,(H,31,32)(H,33,34). The summed E-state index contributed by atoms with van der Waals surface area (Å²) in [7, 11) is 0. The molecule has 200 valence electrons. The minimum atomic E-state index is -1.31. The second-order valence-electron chi connectivity index (χ2n) is 8.25. The third kappa shape index (κ3) is 19.2. The zero-order valence-electron chi connectivity index (χ0n) is 22.0. The van der Waals surface area contributed by atoms with E-state index >= 15 is 0 Å². The van der Waals surface area contributed by atoms with Gasteiger partial charge in [-0.05, 0) is 58.8 Å². The van der Waals surface area contributed by atoms with Crippen molar-refractivity contribution in [1.82, 2.24) is 5.32 Å². The maximum atomic E-state index is 12.0. The molecule has 0 rings (SSSR count). The highest BCUT2D eigenvalue weighted by Gasteiger charge is 2.26. The Labute approximate surface area is 216 Å². The van der Waals surface area contributed by atoms with Gasteiger partial charge in [0.05, 0.1) is 0 Å². The van der Waals surface area contributed by atoms with Crippen molar-refractivity contribution >= 4 is 17.8 Å². The molecule has 7 nitrogen and oxygen atoms in total. The van der Waals surface area contributed by atoms with Crippen LogP contribution in [0.3, 0.4) is 0 Å². The molecule has 0 aliphatic rings. The molecule has 0 aromatic rings. The first kappa shape index (κ1) is 32.8. The Hall–Kier alpha value is -3.19. The summed E-state index contributed by atoms with van der Waals surface area (Å²) in [6, 6.07) is -2.20. The van der Waals surface area contributed by atoms with E-state index in [1.807, 2.05) is 12.2 Å². The molecule has 0 saturated heterocycles. The molecule has 0 aromatic carbocycles. The van der Waals surface area contributed by atoms with Crippen LogP contribution in [0.25, 0.3) is 0 Å². The zero-order valence-corrected chi connectivity index (χ0v) is 22.0. The van der Waals surface area contributed by atoms with E-state index in [1.54, 1.807) is 0 Å². The van der Waals surface area contributed by atoms with E-state index in [0.29, 0.717) is 6.42 Å². The van der Waals surface area contributed by atoms with E-state index in [0.717, 1.165) is 38.5 Å². The number of aliphatic carboxylic acids is 1. The second kappa shape index (κ2) is 22.3. The van der Waals surface area contributed by atoms with Gasteiger partial charge in [0.2, 0.25) is 5.91 Å². The number of allylic oxidation sites excluding steroid dienone is 12. The van der Waals surface area contributed by atoms with Crippen LogP contribution in [0.1, 0.15) is 72.1 Å². The molecule has 0 aromatic heterocycles. The number of carbonyl (C=O) groups is 3. The first-order chi connectivity index (χ1) is 17.3. The van der Waals surface area contributed by atoms with Gasteiger partial charge in [0.15, 0.2) is 0 Å². The van der Waals surface area contributed by atoms with Crippen LogP contribution in [0.4, 0.5) is 0 Å². The molecule has 0 aliphatic carbocycles. The molecule has 7 heteroatoms. The number of amides is 1. The van der Waals surface area contributed by atoms with Gasteiger partial charge < -0.3 is 20.9 Å². The lowest BCUT2D eigenvalue weighted by molar-refractivity contribution is -0.156. The molecule has 0 saturated carbocycles. The van der Waals surface area contributed by atoms with Crippen LogP contribution in [0.15, 0.2) is 72.9 Å². The Morgan fingerprint density at radius 2 is 1.19 bits per heavy atom. The number of carboxylic acids is 1. The van der Waals surface area contributed by atoms with Crippen molar-refractivity contribution in [3.63, 3.8) is 0 Å². The van der Waals surface area contributed by atoms with Gasteiger partial charge in [-0.2, -0.15) is 0 Å². The number of ether oxygens (including phenoxy) is 1. The smallest absolute Gasteiger partial charge is 0.328 e. The minimum absolute atomic E-state index is 0.240. The highest BCUT2D eigenvalue weighted by atomic mass is 16.5. The average Bonchev–Trinajstić information content (AvgIpc) is 2.84. The first-order valence-corrected chi connectivity index (χ1v) is 12.7. The van der Waals surface area contributed by atoms with Crippen molar-refractivity contribution < 1.29 is 24.2 Å². The quantitative estimate of drug-likeness (QED) is 0.163. The molecule has 0 heterocycles. The van der Waals surface area contributed by atoms with E-state index in [1.165, 1.54) is 13.8 Å². The number of hydrogen-bond acceptors (Lipinski definition) is 5. The van der Waals surface area contributed by atoms with Crippen molar-refractivity contribution in [2.24, 2.45) is 5.73 Å². The summed E-state index contributed by atoms with van der Waals surface area (Å²) in [5.74, 6) is -2.26. The Morgan fingerprint density at radius 3 is 1.61 bits per heavy atom. The van der Waals surface area contributed by atoms with Crippen molar-refractivity contribution in [2.45, 2.75) is 90.3 Å². The number of esters is 1. The number of carbonyl (C=O) groups excluding carboxylic acids is 2. The van der Waals surface area contributed by atoms with Crippen LogP contribution >= 0.6 is 0 Å². The van der Waals surface area contributed by atoms with E-state index in [4.69, 9.17) is 15.6 Å². The van der Waals surface area contributed by atoms with E-state index in [-0.39, 0.29) is 12.3 Å². The second-order valence-corrected chi connectivity index (χ2v) is 8.25. The summed E-state index contributed by atoms with van der Waals surface area (Å²) in [6.45, 7) is 5.01. The molecule has 0 radical (unpaired) electrons. The molecule has 0 fully saturated rings. The summed E-state index contributed by atoms with van der Waals surface area (Å²) < 4.78 is 4.99. The maximum Gasteiger partial charge on any atom is 0.328 e. The fourth-order valence-electron chi connectivity index (χ4n) is 2.79. The number of rotatable bonds is 19. The molecular weight excluding hydrogens is 456 g/mol. The molecule has 0 aliphatic heterocycles.